The summed E-state index contributed by atoms with van der Waals surface area (Å²) in [5.74, 6) is -1.18. The Balaban J connectivity index is 3.34. The molecule has 0 fully saturated rings. The lowest BCUT2D eigenvalue weighted by Gasteiger charge is -2.36. The predicted molar refractivity (Wildman–Crippen MR) is 113 cm³/mol. The Bertz CT molecular complexity index is 448. The van der Waals surface area contributed by atoms with Gasteiger partial charge in [-0.15, -0.1) is 0 Å². The van der Waals surface area contributed by atoms with Gasteiger partial charge < -0.3 is 28.5 Å². The van der Waals surface area contributed by atoms with Crippen molar-refractivity contribution >= 4 is 20.3 Å². The van der Waals surface area contributed by atoms with E-state index in [1.54, 1.807) is 0 Å². The van der Waals surface area contributed by atoms with Crippen LogP contribution in [0.1, 0.15) is 46.5 Å². The van der Waals surface area contributed by atoms with Gasteiger partial charge in [-0.05, 0) is 31.0 Å². The smallest absolute Gasteiger partial charge is 0.305 e. The number of hydrogen-bond donors (Lipinski definition) is 1. The van der Waals surface area contributed by atoms with E-state index in [0.717, 1.165) is 0 Å². The molecule has 8 nitrogen and oxygen atoms in total. The number of rotatable bonds is 18. The van der Waals surface area contributed by atoms with Crippen LogP contribution in [0.4, 0.5) is 0 Å². The molecule has 0 radical (unpaired) electrons. The highest BCUT2D eigenvalue weighted by Gasteiger charge is 2.36. The molecular weight excluding hydrogens is 396 g/mol. The molecule has 0 bridgehead atoms. The summed E-state index contributed by atoms with van der Waals surface area (Å²) in [6.07, 6.45) is 1.30. The van der Waals surface area contributed by atoms with Crippen molar-refractivity contribution in [1.29, 1.82) is 0 Å². The number of ether oxygens (including phenoxy) is 4. The fourth-order valence-electron chi connectivity index (χ4n) is 1.95. The van der Waals surface area contributed by atoms with Gasteiger partial charge in [-0.3, -0.25) is 9.59 Å². The lowest BCUT2D eigenvalue weighted by molar-refractivity contribution is -0.146. The van der Waals surface area contributed by atoms with Crippen LogP contribution in [0.3, 0.4) is 0 Å². The minimum Gasteiger partial charge on any atom is -0.481 e. The van der Waals surface area contributed by atoms with Gasteiger partial charge in [0.25, 0.3) is 0 Å². The van der Waals surface area contributed by atoms with Crippen LogP contribution in [0.5, 0.6) is 0 Å². The molecule has 0 amide bonds. The van der Waals surface area contributed by atoms with Crippen molar-refractivity contribution in [3.8, 4) is 0 Å². The molecule has 9 heteroatoms. The first-order valence-corrected chi connectivity index (χ1v) is 13.2. The third-order valence-electron chi connectivity index (χ3n) is 4.75. The van der Waals surface area contributed by atoms with Crippen LogP contribution in [0, 0.1) is 0 Å². The Morgan fingerprint density at radius 2 is 1.21 bits per heavy atom. The van der Waals surface area contributed by atoms with E-state index < -0.39 is 14.3 Å². The van der Waals surface area contributed by atoms with E-state index in [1.807, 2.05) is 0 Å². The summed E-state index contributed by atoms with van der Waals surface area (Å²) in [6, 6.07) is 0. The molecule has 0 heterocycles. The van der Waals surface area contributed by atoms with Crippen molar-refractivity contribution in [2.45, 2.75) is 64.6 Å². The molecule has 0 aromatic rings. The second-order valence-electron chi connectivity index (χ2n) is 8.27. The molecule has 0 spiro atoms. The molecular formula is C20H40O8Si. The number of unbranched alkanes of at least 4 members (excludes halogenated alkanes) is 1. The van der Waals surface area contributed by atoms with Gasteiger partial charge in [0.15, 0.2) is 8.32 Å². The summed E-state index contributed by atoms with van der Waals surface area (Å²) >= 11 is 0. The molecule has 0 aliphatic carbocycles. The van der Waals surface area contributed by atoms with Gasteiger partial charge in [-0.2, -0.15) is 0 Å². The molecule has 29 heavy (non-hydrogen) atoms. The first kappa shape index (κ1) is 28.0. The number of aliphatic carboxylic acids is 1. The Morgan fingerprint density at radius 3 is 1.69 bits per heavy atom. The average Bonchev–Trinajstić information content (AvgIpc) is 2.61. The maximum absolute atomic E-state index is 11.4. The molecule has 1 N–H and O–H groups in total. The zero-order valence-electron chi connectivity index (χ0n) is 18.8. The molecule has 0 unspecified atom stereocenters. The molecule has 0 aromatic heterocycles. The third kappa shape index (κ3) is 16.5. The van der Waals surface area contributed by atoms with Crippen LogP contribution in [0.2, 0.25) is 18.1 Å². The zero-order chi connectivity index (χ0) is 22.2. The summed E-state index contributed by atoms with van der Waals surface area (Å²) in [5, 5.41) is 8.71. The van der Waals surface area contributed by atoms with Crippen molar-refractivity contribution in [2.75, 3.05) is 52.9 Å². The minimum atomic E-state index is -1.70. The lowest BCUT2D eigenvalue weighted by atomic mass is 10.2. The number of carboxylic acid groups (broad SMARTS) is 1. The maximum atomic E-state index is 11.4. The molecule has 0 aliphatic rings. The summed E-state index contributed by atoms with van der Waals surface area (Å²) in [7, 11) is -1.70. The summed E-state index contributed by atoms with van der Waals surface area (Å²) in [5.41, 5.74) is 0. The van der Waals surface area contributed by atoms with Gasteiger partial charge in [-0.25, -0.2) is 0 Å². The maximum Gasteiger partial charge on any atom is 0.305 e. The van der Waals surface area contributed by atoms with E-state index in [9.17, 15) is 9.59 Å². The van der Waals surface area contributed by atoms with Crippen LogP contribution < -0.4 is 0 Å². The van der Waals surface area contributed by atoms with Gasteiger partial charge in [0.1, 0.15) is 6.61 Å². The van der Waals surface area contributed by atoms with Crippen molar-refractivity contribution in [3.63, 3.8) is 0 Å². The van der Waals surface area contributed by atoms with Gasteiger partial charge in [0, 0.05) is 12.8 Å². The molecule has 0 saturated carbocycles. The minimum absolute atomic E-state index is 0.0755. The highest BCUT2D eigenvalue weighted by molar-refractivity contribution is 6.74. The van der Waals surface area contributed by atoms with Crippen LogP contribution in [-0.4, -0.2) is 78.2 Å². The molecule has 0 atom stereocenters. The number of esters is 1. The van der Waals surface area contributed by atoms with Gasteiger partial charge >= 0.3 is 11.9 Å². The van der Waals surface area contributed by atoms with Gasteiger partial charge in [-0.1, -0.05) is 20.8 Å². The van der Waals surface area contributed by atoms with Crippen molar-refractivity contribution in [1.82, 2.24) is 0 Å². The second kappa shape index (κ2) is 15.8. The molecule has 0 aliphatic heterocycles. The normalized spacial score (nSPS) is 12.2. The highest BCUT2D eigenvalue weighted by Crippen LogP contribution is 2.36. The Morgan fingerprint density at radius 1 is 0.759 bits per heavy atom. The monoisotopic (exact) mass is 436 g/mol. The fraction of sp³-hybridized carbons (Fsp3) is 0.900. The third-order valence-corrected chi connectivity index (χ3v) is 9.29. The average molecular weight is 437 g/mol. The fourth-order valence-corrected chi connectivity index (χ4v) is 2.97. The van der Waals surface area contributed by atoms with Crippen molar-refractivity contribution in [3.05, 3.63) is 0 Å². The van der Waals surface area contributed by atoms with E-state index in [1.165, 1.54) is 0 Å². The Labute approximate surface area is 176 Å². The topological polar surface area (TPSA) is 101 Å². The largest absolute Gasteiger partial charge is 0.481 e. The van der Waals surface area contributed by atoms with Gasteiger partial charge in [0.05, 0.1) is 46.2 Å². The van der Waals surface area contributed by atoms with Crippen molar-refractivity contribution < 1.29 is 38.1 Å². The van der Waals surface area contributed by atoms with Crippen molar-refractivity contribution in [2.24, 2.45) is 0 Å². The first-order chi connectivity index (χ1) is 13.6. The molecule has 0 saturated heterocycles. The Hall–Kier alpha value is -1.00. The van der Waals surface area contributed by atoms with Gasteiger partial charge in [0.2, 0.25) is 0 Å². The SMILES string of the molecule is CC(C)(C)[Si](C)(C)OCCOCCOCCOCCOC(=O)CCCCC(=O)O. The quantitative estimate of drug-likeness (QED) is 0.198. The van der Waals surface area contributed by atoms with E-state index in [-0.39, 0.29) is 30.5 Å². The molecule has 172 valence electrons. The van der Waals surface area contributed by atoms with Crippen LogP contribution in [-0.2, 0) is 33.0 Å². The van der Waals surface area contributed by atoms with E-state index >= 15 is 0 Å². The molecule has 0 rings (SSSR count). The zero-order valence-corrected chi connectivity index (χ0v) is 19.8. The summed E-state index contributed by atoms with van der Waals surface area (Å²) < 4.78 is 27.3. The molecule has 0 aromatic carbocycles. The summed E-state index contributed by atoms with van der Waals surface area (Å²) in [4.78, 5) is 21.8. The predicted octanol–water partition coefficient (Wildman–Crippen LogP) is 3.25. The number of hydrogen-bond acceptors (Lipinski definition) is 7. The number of carboxylic acids is 1. The standard InChI is InChI=1S/C20H40O8Si/c1-20(2,3)29(4,5)28-17-15-26-13-11-24-10-12-25-14-16-27-19(23)9-7-6-8-18(21)22/h6-17H2,1-5H3,(H,21,22). The van der Waals surface area contributed by atoms with Crippen LogP contribution in [0.25, 0.3) is 0 Å². The highest BCUT2D eigenvalue weighted by atomic mass is 28.4. The van der Waals surface area contributed by atoms with Crippen LogP contribution >= 0.6 is 0 Å². The number of carbonyl (C=O) groups excluding carboxylic acids is 1. The van der Waals surface area contributed by atoms with E-state index in [4.69, 9.17) is 28.5 Å². The van der Waals surface area contributed by atoms with E-state index in [2.05, 4.69) is 33.9 Å². The second-order valence-corrected chi connectivity index (χ2v) is 13.1. The summed E-state index contributed by atoms with van der Waals surface area (Å²) in [6.45, 7) is 14.6. The first-order valence-electron chi connectivity index (χ1n) is 10.3. The number of carbonyl (C=O) groups is 2. The van der Waals surface area contributed by atoms with Crippen LogP contribution in [0.15, 0.2) is 0 Å². The lowest BCUT2D eigenvalue weighted by Crippen LogP contribution is -2.41. The Kier molecular flexibility index (Phi) is 15.2. The van der Waals surface area contributed by atoms with E-state index in [0.29, 0.717) is 59.1 Å².